The van der Waals surface area contributed by atoms with E-state index in [1.807, 2.05) is 6.92 Å². The first kappa shape index (κ1) is 26.4. The summed E-state index contributed by atoms with van der Waals surface area (Å²) in [6.07, 6.45) is 4.18. The second kappa shape index (κ2) is 10.9. The number of aromatic nitrogens is 4. The number of rotatable bonds is 6. The van der Waals surface area contributed by atoms with Gasteiger partial charge in [0.15, 0.2) is 5.82 Å². The Morgan fingerprint density at radius 2 is 1.71 bits per heavy atom. The molecule has 2 aromatic heterocycles. The Kier molecular flexibility index (Phi) is 7.56. The summed E-state index contributed by atoms with van der Waals surface area (Å²) in [5.74, 6) is -0.625. The molecule has 0 spiro atoms. The zero-order valence-corrected chi connectivity index (χ0v) is 21.6. The Bertz CT molecular complexity index is 1260. The Hall–Kier alpha value is -3.21. The van der Waals surface area contributed by atoms with Crippen LogP contribution in [0.15, 0.2) is 24.4 Å². The fourth-order valence-electron chi connectivity index (χ4n) is 5.74. The summed E-state index contributed by atoms with van der Waals surface area (Å²) >= 11 is 0. The number of halogens is 4. The minimum Gasteiger partial charge on any atom is -0.323 e. The summed E-state index contributed by atoms with van der Waals surface area (Å²) in [6.45, 7) is 6.05. The predicted octanol–water partition coefficient (Wildman–Crippen LogP) is 6.97. The van der Waals surface area contributed by atoms with Gasteiger partial charge in [0.25, 0.3) is 0 Å². The van der Waals surface area contributed by atoms with Crippen LogP contribution in [0.5, 0.6) is 0 Å². The van der Waals surface area contributed by atoms with Gasteiger partial charge in [-0.15, -0.1) is 0 Å². The van der Waals surface area contributed by atoms with Crippen LogP contribution in [0.1, 0.15) is 73.2 Å². The number of hydrogen-bond acceptors (Lipinski definition) is 6. The van der Waals surface area contributed by atoms with Gasteiger partial charge in [-0.3, -0.25) is 5.10 Å². The molecular formula is C27H33F4N7. The van der Waals surface area contributed by atoms with E-state index in [-0.39, 0.29) is 17.5 Å². The van der Waals surface area contributed by atoms with Crippen molar-refractivity contribution < 1.29 is 17.6 Å². The average molecular weight is 532 g/mol. The van der Waals surface area contributed by atoms with E-state index in [0.717, 1.165) is 36.8 Å². The molecule has 204 valence electrons. The molecule has 0 atom stereocenters. The number of aromatic amines is 1. The van der Waals surface area contributed by atoms with Gasteiger partial charge in [0.2, 0.25) is 5.95 Å². The van der Waals surface area contributed by atoms with Gasteiger partial charge in [0.05, 0.1) is 5.69 Å². The highest BCUT2D eigenvalue weighted by molar-refractivity contribution is 5.62. The lowest BCUT2D eigenvalue weighted by molar-refractivity contribution is -0.137. The van der Waals surface area contributed by atoms with Gasteiger partial charge >= 0.3 is 6.18 Å². The molecule has 3 heterocycles. The molecule has 1 saturated heterocycles. The zero-order valence-electron chi connectivity index (χ0n) is 21.6. The van der Waals surface area contributed by atoms with Crippen molar-refractivity contribution in [3.63, 3.8) is 0 Å². The molecular weight excluding hydrogens is 498 g/mol. The highest BCUT2D eigenvalue weighted by Gasteiger charge is 2.36. The number of likely N-dealkylation sites (tertiary alicyclic amines) is 1. The lowest BCUT2D eigenvalue weighted by atomic mass is 9.79. The van der Waals surface area contributed by atoms with Gasteiger partial charge in [-0.2, -0.15) is 23.3 Å². The number of H-pyrrole nitrogens is 1. The van der Waals surface area contributed by atoms with Crippen LogP contribution >= 0.6 is 0 Å². The topological polar surface area (TPSA) is 81.8 Å². The Morgan fingerprint density at radius 1 is 0.974 bits per heavy atom. The van der Waals surface area contributed by atoms with Gasteiger partial charge in [-0.1, -0.05) is 6.42 Å². The largest absolute Gasteiger partial charge is 0.421 e. The summed E-state index contributed by atoms with van der Waals surface area (Å²) in [4.78, 5) is 10.4. The van der Waals surface area contributed by atoms with Crippen molar-refractivity contribution >= 4 is 23.3 Å². The van der Waals surface area contributed by atoms with E-state index in [1.54, 1.807) is 25.1 Å². The average Bonchev–Trinajstić information content (AvgIpc) is 3.30. The van der Waals surface area contributed by atoms with E-state index in [1.165, 1.54) is 32.4 Å². The molecule has 1 aliphatic heterocycles. The highest BCUT2D eigenvalue weighted by Crippen LogP contribution is 2.39. The third-order valence-corrected chi connectivity index (χ3v) is 7.69. The van der Waals surface area contributed by atoms with Gasteiger partial charge in [0.1, 0.15) is 17.2 Å². The molecule has 0 radical (unpaired) electrons. The normalized spacial score (nSPS) is 20.9. The summed E-state index contributed by atoms with van der Waals surface area (Å²) in [7, 11) is 0. The Morgan fingerprint density at radius 3 is 2.37 bits per heavy atom. The highest BCUT2D eigenvalue weighted by atomic mass is 19.4. The monoisotopic (exact) mass is 531 g/mol. The van der Waals surface area contributed by atoms with Crippen LogP contribution < -0.4 is 10.6 Å². The molecule has 2 fully saturated rings. The van der Waals surface area contributed by atoms with Crippen molar-refractivity contribution in [3.05, 3.63) is 52.6 Å². The maximum atomic E-state index is 15.2. The number of benzene rings is 1. The van der Waals surface area contributed by atoms with Crippen LogP contribution in [-0.4, -0.2) is 44.2 Å². The summed E-state index contributed by atoms with van der Waals surface area (Å²) in [5, 5.41) is 11.9. The van der Waals surface area contributed by atoms with E-state index in [0.29, 0.717) is 23.9 Å². The van der Waals surface area contributed by atoms with Crippen molar-refractivity contribution in [2.75, 3.05) is 23.7 Å². The molecule has 1 aromatic carbocycles. The lowest BCUT2D eigenvalue weighted by Gasteiger charge is -2.39. The van der Waals surface area contributed by atoms with Gasteiger partial charge in [0, 0.05) is 24.0 Å². The van der Waals surface area contributed by atoms with Crippen LogP contribution in [0.25, 0.3) is 0 Å². The number of piperidine rings is 1. The van der Waals surface area contributed by atoms with E-state index in [2.05, 4.69) is 35.7 Å². The number of nitrogens with one attached hydrogen (secondary N) is 3. The molecule has 0 amide bonds. The van der Waals surface area contributed by atoms with Gasteiger partial charge in [-0.05, 0) is 94.6 Å². The van der Waals surface area contributed by atoms with Crippen LogP contribution in [0.4, 0.5) is 40.8 Å². The standard InChI is InChI=1S/C27H33F4N7/c1-16-12-23(22(28)14-20(16)18-6-8-19(9-7-18)38-10-4-3-5-11-38)33-26-32-15-21(27(29,30)31)25(35-26)34-24-13-17(2)36-37-24/h12-15,18-19H,3-11H2,1-2H3,(H3,32,33,34,35,36,37). The summed E-state index contributed by atoms with van der Waals surface area (Å²) < 4.78 is 55.9. The molecule has 3 aromatic rings. The molecule has 1 saturated carbocycles. The first-order valence-electron chi connectivity index (χ1n) is 13.2. The second-order valence-electron chi connectivity index (χ2n) is 10.4. The zero-order chi connectivity index (χ0) is 26.9. The fourth-order valence-corrected chi connectivity index (χ4v) is 5.74. The van der Waals surface area contributed by atoms with E-state index < -0.39 is 23.4 Å². The maximum absolute atomic E-state index is 15.2. The lowest BCUT2D eigenvalue weighted by Crippen LogP contribution is -2.41. The number of alkyl halides is 3. The number of anilines is 4. The van der Waals surface area contributed by atoms with Crippen LogP contribution in [0.2, 0.25) is 0 Å². The van der Waals surface area contributed by atoms with E-state index >= 15 is 4.39 Å². The molecule has 0 unspecified atom stereocenters. The van der Waals surface area contributed by atoms with E-state index in [9.17, 15) is 13.2 Å². The summed E-state index contributed by atoms with van der Waals surface area (Å²) in [5.41, 5.74) is 1.68. The first-order chi connectivity index (χ1) is 18.2. The first-order valence-corrected chi connectivity index (χ1v) is 13.2. The van der Waals surface area contributed by atoms with Crippen molar-refractivity contribution in [3.8, 4) is 0 Å². The Balaban J connectivity index is 1.31. The summed E-state index contributed by atoms with van der Waals surface area (Å²) in [6, 6.07) is 5.42. The molecule has 38 heavy (non-hydrogen) atoms. The smallest absolute Gasteiger partial charge is 0.323 e. The molecule has 0 bridgehead atoms. The molecule has 2 aliphatic rings. The van der Waals surface area contributed by atoms with Crippen LogP contribution in [0.3, 0.4) is 0 Å². The minimum atomic E-state index is -4.68. The molecule has 11 heteroatoms. The predicted molar refractivity (Wildman–Crippen MR) is 138 cm³/mol. The van der Waals surface area contributed by atoms with Crippen LogP contribution in [-0.2, 0) is 6.18 Å². The third kappa shape index (κ3) is 5.92. The molecule has 7 nitrogen and oxygen atoms in total. The van der Waals surface area contributed by atoms with Crippen molar-refractivity contribution in [2.45, 2.75) is 76.9 Å². The van der Waals surface area contributed by atoms with Crippen molar-refractivity contribution in [1.29, 1.82) is 0 Å². The molecule has 5 rings (SSSR count). The van der Waals surface area contributed by atoms with Crippen molar-refractivity contribution in [2.24, 2.45) is 0 Å². The number of nitrogens with zero attached hydrogens (tertiary/aromatic N) is 4. The quantitative estimate of drug-likeness (QED) is 0.298. The van der Waals surface area contributed by atoms with Crippen LogP contribution in [0, 0.1) is 19.7 Å². The minimum absolute atomic E-state index is 0.120. The van der Waals surface area contributed by atoms with E-state index in [4.69, 9.17) is 0 Å². The van der Waals surface area contributed by atoms with Gasteiger partial charge in [-0.25, -0.2) is 9.37 Å². The SMILES string of the molecule is Cc1cc(Nc2nc(Nc3cc(C)c(C4CCC(N5CCCCC5)CC4)cc3F)ncc2C(F)(F)F)n[nH]1. The molecule has 3 N–H and O–H groups in total. The molecule has 1 aliphatic carbocycles. The number of hydrogen-bond donors (Lipinski definition) is 3. The Labute approximate surface area is 219 Å². The fraction of sp³-hybridized carbons (Fsp3) is 0.519. The number of aryl methyl sites for hydroxylation is 2. The maximum Gasteiger partial charge on any atom is 0.421 e. The van der Waals surface area contributed by atoms with Crippen molar-refractivity contribution in [1.82, 2.24) is 25.1 Å². The van der Waals surface area contributed by atoms with Gasteiger partial charge < -0.3 is 15.5 Å². The third-order valence-electron chi connectivity index (χ3n) is 7.69. The second-order valence-corrected chi connectivity index (χ2v) is 10.4.